The van der Waals surface area contributed by atoms with E-state index in [1.54, 1.807) is 6.07 Å². The van der Waals surface area contributed by atoms with Gasteiger partial charge in [-0.05, 0) is 43.6 Å². The number of para-hydroxylation sites is 1. The lowest BCUT2D eigenvalue weighted by molar-refractivity contribution is 0.0990. The van der Waals surface area contributed by atoms with Crippen molar-refractivity contribution in [2.45, 2.75) is 25.4 Å². The zero-order chi connectivity index (χ0) is 19.1. The van der Waals surface area contributed by atoms with E-state index in [-0.39, 0.29) is 5.75 Å². The Balaban J connectivity index is 1.39. The van der Waals surface area contributed by atoms with Gasteiger partial charge in [-0.1, -0.05) is 19.1 Å². The Hall–Kier alpha value is -2.38. The number of aromatic nitrogens is 2. The first-order chi connectivity index (χ1) is 13.7. The molecule has 7 nitrogen and oxygen atoms in total. The van der Waals surface area contributed by atoms with Crippen LogP contribution in [0.3, 0.4) is 0 Å². The highest BCUT2D eigenvalue weighted by atomic mass is 16.3. The van der Waals surface area contributed by atoms with Gasteiger partial charge in [0.15, 0.2) is 5.82 Å². The summed E-state index contributed by atoms with van der Waals surface area (Å²) in [7, 11) is 0. The third-order valence-electron chi connectivity index (χ3n) is 6.49. The van der Waals surface area contributed by atoms with Crippen LogP contribution in [0.2, 0.25) is 0 Å². The van der Waals surface area contributed by atoms with Crippen molar-refractivity contribution < 1.29 is 5.11 Å². The minimum atomic E-state index is 0.238. The van der Waals surface area contributed by atoms with Crippen LogP contribution < -0.4 is 15.5 Å². The van der Waals surface area contributed by atoms with Gasteiger partial charge in [-0.15, -0.1) is 10.2 Å². The highest BCUT2D eigenvalue weighted by molar-refractivity contribution is 5.76. The molecule has 0 radical (unpaired) electrons. The lowest BCUT2D eigenvalue weighted by Gasteiger charge is -2.49. The number of piperidine rings is 1. The molecule has 0 aliphatic carbocycles. The van der Waals surface area contributed by atoms with Crippen LogP contribution in [-0.4, -0.2) is 71.6 Å². The molecule has 28 heavy (non-hydrogen) atoms. The first-order valence-electron chi connectivity index (χ1n) is 10.3. The number of rotatable bonds is 2. The summed E-state index contributed by atoms with van der Waals surface area (Å²) >= 11 is 0. The summed E-state index contributed by atoms with van der Waals surface area (Å²) in [4.78, 5) is 5.17. The van der Waals surface area contributed by atoms with Crippen LogP contribution in [0.1, 0.15) is 13.3 Å². The van der Waals surface area contributed by atoms with Crippen molar-refractivity contribution in [3.05, 3.63) is 30.3 Å². The van der Waals surface area contributed by atoms with E-state index in [2.05, 4.69) is 43.6 Å². The fourth-order valence-corrected chi connectivity index (χ4v) is 4.98. The molecule has 0 amide bonds. The molecule has 148 valence electrons. The largest absolute Gasteiger partial charge is 0.507 e. The number of nitrogens with one attached hydrogen (secondary N) is 2. The van der Waals surface area contributed by atoms with Gasteiger partial charge in [0.05, 0.1) is 17.4 Å². The van der Waals surface area contributed by atoms with E-state index >= 15 is 0 Å². The van der Waals surface area contributed by atoms with Crippen LogP contribution in [-0.2, 0) is 0 Å². The van der Waals surface area contributed by atoms with Crippen LogP contribution in [0.5, 0.6) is 5.75 Å². The lowest BCUT2D eigenvalue weighted by atomic mass is 9.92. The molecule has 0 bridgehead atoms. The Morgan fingerprint density at radius 1 is 1.14 bits per heavy atom. The number of fused-ring (bicyclic) bond motifs is 3. The van der Waals surface area contributed by atoms with Crippen molar-refractivity contribution in [3.8, 4) is 17.0 Å². The normalized spacial score (nSPS) is 27.6. The summed E-state index contributed by atoms with van der Waals surface area (Å²) in [5.41, 5.74) is 2.54. The van der Waals surface area contributed by atoms with Gasteiger partial charge in [-0.2, -0.15) is 0 Å². The van der Waals surface area contributed by atoms with Crippen molar-refractivity contribution in [2.75, 3.05) is 49.5 Å². The fourth-order valence-electron chi connectivity index (χ4n) is 4.98. The molecule has 2 aromatic rings. The van der Waals surface area contributed by atoms with Crippen molar-refractivity contribution in [1.82, 2.24) is 20.4 Å². The highest BCUT2D eigenvalue weighted by Gasteiger charge is 2.37. The molecule has 3 aliphatic heterocycles. The van der Waals surface area contributed by atoms with Gasteiger partial charge in [-0.25, -0.2) is 0 Å². The molecule has 5 rings (SSSR count). The molecule has 7 heteroatoms. The Morgan fingerprint density at radius 3 is 2.89 bits per heavy atom. The van der Waals surface area contributed by atoms with Gasteiger partial charge in [-0.3, -0.25) is 4.90 Å². The van der Waals surface area contributed by atoms with Gasteiger partial charge >= 0.3 is 0 Å². The first kappa shape index (κ1) is 17.7. The number of phenolic OH excluding ortho intramolecular Hbond substituents is 1. The maximum absolute atomic E-state index is 10.2. The molecule has 2 saturated heterocycles. The van der Waals surface area contributed by atoms with Gasteiger partial charge in [0.2, 0.25) is 0 Å². The maximum atomic E-state index is 10.2. The summed E-state index contributed by atoms with van der Waals surface area (Å²) in [6, 6.07) is 10.5. The molecule has 1 aromatic heterocycles. The Morgan fingerprint density at radius 2 is 2.04 bits per heavy atom. The van der Waals surface area contributed by atoms with Crippen LogP contribution in [0.4, 0.5) is 11.5 Å². The molecular formula is C21H28N6O. The number of benzene rings is 1. The predicted molar refractivity (Wildman–Crippen MR) is 111 cm³/mol. The topological polar surface area (TPSA) is 76.5 Å². The molecule has 3 N–H and O–H groups in total. The maximum Gasteiger partial charge on any atom is 0.172 e. The minimum Gasteiger partial charge on any atom is -0.507 e. The van der Waals surface area contributed by atoms with Crippen molar-refractivity contribution in [2.24, 2.45) is 5.92 Å². The van der Waals surface area contributed by atoms with Crippen molar-refractivity contribution in [1.29, 1.82) is 0 Å². The van der Waals surface area contributed by atoms with Crippen LogP contribution in [0, 0.1) is 5.92 Å². The Labute approximate surface area is 165 Å². The first-order valence-corrected chi connectivity index (χ1v) is 10.3. The zero-order valence-electron chi connectivity index (χ0n) is 16.3. The van der Waals surface area contributed by atoms with Gasteiger partial charge in [0, 0.05) is 37.8 Å². The van der Waals surface area contributed by atoms with Gasteiger partial charge in [0.1, 0.15) is 5.75 Å². The highest BCUT2D eigenvalue weighted by Crippen LogP contribution is 2.36. The number of hydrogen-bond donors (Lipinski definition) is 3. The molecular weight excluding hydrogens is 352 g/mol. The second-order valence-electron chi connectivity index (χ2n) is 8.24. The number of hydrogen-bond acceptors (Lipinski definition) is 7. The third-order valence-corrected chi connectivity index (χ3v) is 6.49. The van der Waals surface area contributed by atoms with E-state index in [4.69, 9.17) is 0 Å². The van der Waals surface area contributed by atoms with E-state index in [0.29, 0.717) is 23.7 Å². The Bertz CT molecular complexity index is 859. The second-order valence-corrected chi connectivity index (χ2v) is 8.24. The summed E-state index contributed by atoms with van der Waals surface area (Å²) in [6.45, 7) is 8.67. The molecule has 3 aliphatic rings. The minimum absolute atomic E-state index is 0.238. The number of aromatic hydroxyl groups is 1. The van der Waals surface area contributed by atoms with Crippen LogP contribution >= 0.6 is 0 Å². The molecule has 1 aromatic carbocycles. The van der Waals surface area contributed by atoms with E-state index in [9.17, 15) is 5.11 Å². The molecule has 4 heterocycles. The molecule has 2 fully saturated rings. The van der Waals surface area contributed by atoms with E-state index in [1.165, 1.54) is 6.42 Å². The molecule has 3 atom stereocenters. The van der Waals surface area contributed by atoms with E-state index < -0.39 is 0 Å². The standard InChI is InChI=1S/C21H28N6O/c1-14-11-22-7-6-18(14)26-8-9-27-15(13-26)12-23-21-19(27)10-17(24-25-21)16-4-2-3-5-20(16)28/h2-5,10,14-15,18,22,28H,6-9,11-13H2,1H3,(H,23,25)/t14?,15-,18?/m0/s1. The average Bonchev–Trinajstić information content (AvgIpc) is 2.73. The van der Waals surface area contributed by atoms with Gasteiger partial charge in [0.25, 0.3) is 0 Å². The molecule has 0 spiro atoms. The lowest BCUT2D eigenvalue weighted by Crippen LogP contribution is -2.62. The van der Waals surface area contributed by atoms with E-state index in [0.717, 1.165) is 56.3 Å². The smallest absolute Gasteiger partial charge is 0.172 e. The summed E-state index contributed by atoms with van der Waals surface area (Å²) in [5, 5.41) is 25.9. The van der Waals surface area contributed by atoms with Gasteiger partial charge < -0.3 is 20.6 Å². The number of piperazine rings is 1. The number of phenols is 1. The van der Waals surface area contributed by atoms with Crippen LogP contribution in [0.15, 0.2) is 30.3 Å². The monoisotopic (exact) mass is 380 g/mol. The number of nitrogens with zero attached hydrogens (tertiary/aromatic N) is 4. The van der Waals surface area contributed by atoms with Crippen LogP contribution in [0.25, 0.3) is 11.3 Å². The summed E-state index contributed by atoms with van der Waals surface area (Å²) < 4.78 is 0. The second kappa shape index (κ2) is 7.22. The quantitative estimate of drug-likeness (QED) is 0.733. The fraction of sp³-hybridized carbons (Fsp3) is 0.524. The molecule has 2 unspecified atom stereocenters. The summed E-state index contributed by atoms with van der Waals surface area (Å²) in [6.07, 6.45) is 1.24. The average molecular weight is 380 g/mol. The predicted octanol–water partition coefficient (Wildman–Crippen LogP) is 1.76. The molecule has 0 saturated carbocycles. The number of anilines is 2. The van der Waals surface area contributed by atoms with E-state index in [1.807, 2.05) is 18.2 Å². The third kappa shape index (κ3) is 3.08. The van der Waals surface area contributed by atoms with Crippen molar-refractivity contribution >= 4 is 11.5 Å². The summed E-state index contributed by atoms with van der Waals surface area (Å²) in [5.74, 6) is 1.78. The Kier molecular flexibility index (Phi) is 4.56. The SMILES string of the molecule is CC1CNCCC1N1CCN2c3cc(-c4ccccc4O)nnc3NC[C@H]2C1. The zero-order valence-corrected chi connectivity index (χ0v) is 16.3. The van der Waals surface area contributed by atoms with Crippen molar-refractivity contribution in [3.63, 3.8) is 0 Å².